The monoisotopic (exact) mass is 283 g/mol. The summed E-state index contributed by atoms with van der Waals surface area (Å²) >= 11 is 0. The second-order valence-corrected chi connectivity index (χ2v) is 4.66. The van der Waals surface area contributed by atoms with E-state index in [4.69, 9.17) is 9.84 Å². The zero-order chi connectivity index (χ0) is 14.8. The summed E-state index contributed by atoms with van der Waals surface area (Å²) in [5.41, 5.74) is 1.68. The minimum absolute atomic E-state index is 0.303. The number of carbonyl (C=O) groups excluding carboxylic acids is 1. The standard InChI is InChI=1S/C16H13NO4/c18-9-15(19)16(20)21-12-5-6-14-11(8-12)7-10-3-1-2-4-13(10)17-14/h1-8,15,18-19H,9H2. The van der Waals surface area contributed by atoms with Gasteiger partial charge >= 0.3 is 5.97 Å². The van der Waals surface area contributed by atoms with E-state index in [2.05, 4.69) is 4.98 Å². The first kappa shape index (κ1) is 13.5. The van der Waals surface area contributed by atoms with Crippen LogP contribution in [0.2, 0.25) is 0 Å². The van der Waals surface area contributed by atoms with Gasteiger partial charge in [0.15, 0.2) is 6.10 Å². The summed E-state index contributed by atoms with van der Waals surface area (Å²) in [5, 5.41) is 19.7. The molecule has 0 saturated heterocycles. The van der Waals surface area contributed by atoms with Crippen LogP contribution in [-0.2, 0) is 4.79 Å². The Bertz CT molecular complexity index is 816. The molecule has 2 N–H and O–H groups in total. The van der Waals surface area contributed by atoms with Crippen LogP contribution >= 0.6 is 0 Å². The molecule has 1 atom stereocenters. The van der Waals surface area contributed by atoms with Gasteiger partial charge < -0.3 is 14.9 Å². The van der Waals surface area contributed by atoms with E-state index in [0.29, 0.717) is 5.75 Å². The Labute approximate surface area is 120 Å². The third-order valence-corrected chi connectivity index (χ3v) is 3.15. The summed E-state index contributed by atoms with van der Waals surface area (Å²) in [5.74, 6) is -0.581. The third-order valence-electron chi connectivity index (χ3n) is 3.15. The number of hydrogen-bond acceptors (Lipinski definition) is 5. The Morgan fingerprint density at radius 1 is 1.10 bits per heavy atom. The van der Waals surface area contributed by atoms with E-state index in [1.807, 2.05) is 30.3 Å². The van der Waals surface area contributed by atoms with Crippen LogP contribution in [0.4, 0.5) is 0 Å². The number of aromatic nitrogens is 1. The minimum Gasteiger partial charge on any atom is -0.425 e. The van der Waals surface area contributed by atoms with Crippen LogP contribution in [-0.4, -0.2) is 33.9 Å². The first-order chi connectivity index (χ1) is 10.2. The fourth-order valence-electron chi connectivity index (χ4n) is 2.08. The average molecular weight is 283 g/mol. The summed E-state index contributed by atoms with van der Waals surface area (Å²) in [6.45, 7) is -0.668. The first-order valence-electron chi connectivity index (χ1n) is 6.47. The molecule has 0 spiro atoms. The molecule has 21 heavy (non-hydrogen) atoms. The fourth-order valence-corrected chi connectivity index (χ4v) is 2.08. The number of aliphatic hydroxyl groups excluding tert-OH is 2. The van der Waals surface area contributed by atoms with Crippen molar-refractivity contribution in [2.24, 2.45) is 0 Å². The predicted molar refractivity (Wildman–Crippen MR) is 78.0 cm³/mol. The topological polar surface area (TPSA) is 79.7 Å². The van der Waals surface area contributed by atoms with Gasteiger partial charge in [-0.2, -0.15) is 0 Å². The van der Waals surface area contributed by atoms with Crippen molar-refractivity contribution in [3.63, 3.8) is 0 Å². The van der Waals surface area contributed by atoms with E-state index in [9.17, 15) is 9.90 Å². The van der Waals surface area contributed by atoms with Gasteiger partial charge in [-0.3, -0.25) is 0 Å². The average Bonchev–Trinajstić information content (AvgIpc) is 2.52. The Morgan fingerprint density at radius 3 is 2.67 bits per heavy atom. The zero-order valence-corrected chi connectivity index (χ0v) is 11.1. The molecule has 0 radical (unpaired) electrons. The smallest absolute Gasteiger partial charge is 0.342 e. The van der Waals surface area contributed by atoms with Crippen molar-refractivity contribution in [1.82, 2.24) is 4.98 Å². The lowest BCUT2D eigenvalue weighted by Crippen LogP contribution is -2.28. The highest BCUT2D eigenvalue weighted by molar-refractivity contribution is 5.93. The van der Waals surface area contributed by atoms with Crippen molar-refractivity contribution in [2.75, 3.05) is 6.61 Å². The van der Waals surface area contributed by atoms with Crippen molar-refractivity contribution in [3.8, 4) is 5.75 Å². The molecule has 0 bridgehead atoms. The summed E-state index contributed by atoms with van der Waals surface area (Å²) in [7, 11) is 0. The second-order valence-electron chi connectivity index (χ2n) is 4.66. The van der Waals surface area contributed by atoms with E-state index in [0.717, 1.165) is 21.8 Å². The quantitative estimate of drug-likeness (QED) is 0.434. The number of aliphatic hydroxyl groups is 2. The van der Waals surface area contributed by atoms with Gasteiger partial charge in [-0.15, -0.1) is 0 Å². The van der Waals surface area contributed by atoms with E-state index >= 15 is 0 Å². The molecule has 0 aliphatic carbocycles. The molecule has 1 heterocycles. The van der Waals surface area contributed by atoms with Gasteiger partial charge in [-0.25, -0.2) is 9.78 Å². The Hall–Kier alpha value is -2.50. The molecule has 0 aliphatic rings. The molecule has 5 nitrogen and oxygen atoms in total. The van der Waals surface area contributed by atoms with Gasteiger partial charge in [0, 0.05) is 10.8 Å². The highest BCUT2D eigenvalue weighted by atomic mass is 16.6. The van der Waals surface area contributed by atoms with E-state index in [-0.39, 0.29) is 0 Å². The Balaban J connectivity index is 1.99. The summed E-state index contributed by atoms with van der Waals surface area (Å²) in [6.07, 6.45) is -1.53. The molecule has 1 unspecified atom stereocenters. The molecule has 0 fully saturated rings. The summed E-state index contributed by atoms with van der Waals surface area (Å²) < 4.78 is 5.01. The number of esters is 1. The highest BCUT2D eigenvalue weighted by Crippen LogP contribution is 2.23. The predicted octanol–water partition coefficient (Wildman–Crippen LogP) is 1.65. The number of carbonyl (C=O) groups is 1. The van der Waals surface area contributed by atoms with Crippen molar-refractivity contribution < 1.29 is 19.7 Å². The van der Waals surface area contributed by atoms with Crippen LogP contribution in [0.15, 0.2) is 48.5 Å². The Morgan fingerprint density at radius 2 is 1.86 bits per heavy atom. The first-order valence-corrected chi connectivity index (χ1v) is 6.47. The highest BCUT2D eigenvalue weighted by Gasteiger charge is 2.16. The second kappa shape index (κ2) is 5.47. The summed E-state index contributed by atoms with van der Waals surface area (Å²) in [6, 6.07) is 14.7. The molecule has 3 rings (SSSR count). The van der Waals surface area contributed by atoms with Gasteiger partial charge in [-0.05, 0) is 30.3 Å². The third kappa shape index (κ3) is 2.69. The normalized spacial score (nSPS) is 12.5. The maximum atomic E-state index is 11.4. The molecule has 0 aliphatic heterocycles. The largest absolute Gasteiger partial charge is 0.425 e. The number of fused-ring (bicyclic) bond motifs is 2. The molecule has 3 aromatic rings. The van der Waals surface area contributed by atoms with E-state index in [1.54, 1.807) is 18.2 Å². The van der Waals surface area contributed by atoms with Gasteiger partial charge in [0.2, 0.25) is 0 Å². The van der Waals surface area contributed by atoms with Crippen molar-refractivity contribution in [3.05, 3.63) is 48.5 Å². The number of para-hydroxylation sites is 1. The van der Waals surface area contributed by atoms with Crippen LogP contribution in [0.3, 0.4) is 0 Å². The van der Waals surface area contributed by atoms with Crippen LogP contribution in [0.1, 0.15) is 0 Å². The van der Waals surface area contributed by atoms with E-state index < -0.39 is 18.7 Å². The Kier molecular flexibility index (Phi) is 3.51. The number of benzene rings is 2. The lowest BCUT2D eigenvalue weighted by atomic mass is 10.1. The zero-order valence-electron chi connectivity index (χ0n) is 11.1. The lowest BCUT2D eigenvalue weighted by Gasteiger charge is -2.08. The van der Waals surface area contributed by atoms with E-state index in [1.165, 1.54) is 0 Å². The molecule has 0 saturated carbocycles. The van der Waals surface area contributed by atoms with Crippen LogP contribution in [0.25, 0.3) is 21.8 Å². The number of nitrogens with zero attached hydrogens (tertiary/aromatic N) is 1. The summed E-state index contributed by atoms with van der Waals surface area (Å²) in [4.78, 5) is 16.0. The van der Waals surface area contributed by atoms with Crippen molar-refractivity contribution >= 4 is 27.8 Å². The number of hydrogen-bond donors (Lipinski definition) is 2. The fraction of sp³-hybridized carbons (Fsp3) is 0.125. The van der Waals surface area contributed by atoms with Crippen LogP contribution in [0, 0.1) is 0 Å². The van der Waals surface area contributed by atoms with Crippen LogP contribution in [0.5, 0.6) is 5.75 Å². The lowest BCUT2D eigenvalue weighted by molar-refractivity contribution is -0.145. The number of ether oxygens (including phenoxy) is 1. The van der Waals surface area contributed by atoms with Crippen molar-refractivity contribution in [2.45, 2.75) is 6.10 Å². The SMILES string of the molecule is O=C(Oc1ccc2nc3ccccc3cc2c1)C(O)CO. The van der Waals surface area contributed by atoms with Gasteiger partial charge in [0.05, 0.1) is 17.6 Å². The minimum atomic E-state index is -1.53. The molecule has 0 amide bonds. The number of rotatable bonds is 3. The molecule has 2 aromatic carbocycles. The number of pyridine rings is 1. The maximum Gasteiger partial charge on any atom is 0.342 e. The van der Waals surface area contributed by atoms with Crippen LogP contribution < -0.4 is 4.74 Å². The van der Waals surface area contributed by atoms with Gasteiger partial charge in [0.1, 0.15) is 5.75 Å². The molecule has 106 valence electrons. The maximum absolute atomic E-state index is 11.4. The van der Waals surface area contributed by atoms with Gasteiger partial charge in [0.25, 0.3) is 0 Å². The van der Waals surface area contributed by atoms with Gasteiger partial charge in [-0.1, -0.05) is 18.2 Å². The molecular formula is C16H13NO4. The molecular weight excluding hydrogens is 270 g/mol. The molecule has 5 heteroatoms. The molecule has 1 aromatic heterocycles. The van der Waals surface area contributed by atoms with Crippen molar-refractivity contribution in [1.29, 1.82) is 0 Å².